The summed E-state index contributed by atoms with van der Waals surface area (Å²) in [5, 5.41) is 3.34. The molecule has 3 amide bonds. The maximum atomic E-state index is 12.8. The topological polar surface area (TPSA) is 213 Å². The van der Waals surface area contributed by atoms with Gasteiger partial charge in [-0.1, -0.05) is 37.8 Å². The number of carbonyl (C=O) groups is 4. The average Bonchev–Trinajstić information content (AvgIpc) is 3.79. The van der Waals surface area contributed by atoms with Gasteiger partial charge in [-0.2, -0.15) is 4.58 Å². The molecule has 0 atom stereocenters. The molecule has 7 rings (SSSR count). The summed E-state index contributed by atoms with van der Waals surface area (Å²) in [6.45, 7) is 13.3. The van der Waals surface area contributed by atoms with Crippen LogP contribution < -0.4 is 39.8 Å². The molecule has 0 aromatic heterocycles. The number of likely N-dealkylation sites (N-methyl/N-ethyl adjacent to an activating group) is 1. The first-order valence-corrected chi connectivity index (χ1v) is 25.8. The number of hydrogen-bond donors (Lipinski definition) is 1. The fourth-order valence-corrected chi connectivity index (χ4v) is 11.3. The largest absolute Gasteiger partial charge is 1.00 e. The number of amides is 3. The molecule has 0 unspecified atom stereocenters. The number of fused-ring (bicyclic) bond motifs is 2. The van der Waals surface area contributed by atoms with Gasteiger partial charge in [-0.25, -0.2) is 21.6 Å². The van der Waals surface area contributed by atoms with Crippen molar-refractivity contribution in [2.45, 2.75) is 118 Å². The van der Waals surface area contributed by atoms with Crippen LogP contribution in [0.15, 0.2) is 121 Å². The number of hydroxylamine groups is 2. The SMILES string of the molecule is CCN1/C(=C/C=C2\CCCC(/C=C/C3=[N+](CC)c4ccc(S(=O)(=O)[O-])cc4C3(C)C)=C2Sc2ccc(NC(=O)CCCC(=O)ON3C(=O)CCC3=O)cc2)C(C)(C)c2cc(S(=O)(=O)[O-])ccc21.[Na+]. The Labute approximate surface area is 424 Å². The number of carbonyl (C=O) groups excluding carboxylic acids is 4. The number of nitrogens with zero attached hydrogens (tertiary/aromatic N) is 3. The Hall–Kier alpha value is -4.66. The van der Waals surface area contributed by atoms with E-state index in [1.54, 1.807) is 36.0 Å². The Kier molecular flexibility index (Phi) is 16.1. The number of anilines is 2. The smallest absolute Gasteiger partial charge is 0.744 e. The molecule has 4 aliphatic rings. The van der Waals surface area contributed by atoms with Crippen molar-refractivity contribution in [3.8, 4) is 0 Å². The van der Waals surface area contributed by atoms with Gasteiger partial charge in [-0.15, -0.1) is 5.06 Å². The fourth-order valence-electron chi connectivity index (χ4n) is 9.16. The number of imide groups is 1. The van der Waals surface area contributed by atoms with E-state index in [-0.39, 0.29) is 77.4 Å². The Morgan fingerprint density at radius 3 is 2.06 bits per heavy atom. The van der Waals surface area contributed by atoms with E-state index >= 15 is 0 Å². The minimum atomic E-state index is -4.67. The number of rotatable bonds is 15. The molecule has 354 valence electrons. The minimum Gasteiger partial charge on any atom is -0.744 e. The summed E-state index contributed by atoms with van der Waals surface area (Å²) in [6, 6.07) is 16.4. The molecule has 1 saturated heterocycles. The summed E-state index contributed by atoms with van der Waals surface area (Å²) in [7, 11) is -9.34. The van der Waals surface area contributed by atoms with Gasteiger partial charge in [0, 0.05) is 82.2 Å². The molecule has 0 spiro atoms. The van der Waals surface area contributed by atoms with Crippen LogP contribution in [-0.2, 0) is 55.1 Å². The van der Waals surface area contributed by atoms with Gasteiger partial charge in [-0.3, -0.25) is 14.4 Å². The zero-order chi connectivity index (χ0) is 48.6. The summed E-state index contributed by atoms with van der Waals surface area (Å²) in [5.74, 6) is -2.24. The molecule has 1 N–H and O–H groups in total. The molecule has 19 heteroatoms. The van der Waals surface area contributed by atoms with Crippen LogP contribution in [0.1, 0.15) is 104 Å². The predicted molar refractivity (Wildman–Crippen MR) is 251 cm³/mol. The maximum Gasteiger partial charge on any atom is 1.00 e. The summed E-state index contributed by atoms with van der Waals surface area (Å²) >= 11 is 1.58. The molecule has 3 aromatic rings. The quantitative estimate of drug-likeness (QED) is 0.0918. The van der Waals surface area contributed by atoms with Gasteiger partial charge in [0.15, 0.2) is 5.71 Å². The van der Waals surface area contributed by atoms with E-state index < -0.39 is 48.8 Å². The molecular formula is C49H53N4NaO11S3. The molecule has 3 aromatic carbocycles. The first-order valence-electron chi connectivity index (χ1n) is 22.1. The van der Waals surface area contributed by atoms with Gasteiger partial charge in [0.25, 0.3) is 11.8 Å². The Bertz CT molecular complexity index is 2940. The van der Waals surface area contributed by atoms with Crippen molar-refractivity contribution in [2.75, 3.05) is 23.3 Å². The van der Waals surface area contributed by atoms with Gasteiger partial charge in [0.1, 0.15) is 26.8 Å². The third-order valence-corrected chi connectivity index (χ3v) is 15.5. The van der Waals surface area contributed by atoms with E-state index in [9.17, 15) is 45.1 Å². The molecule has 68 heavy (non-hydrogen) atoms. The van der Waals surface area contributed by atoms with Crippen LogP contribution in [0.3, 0.4) is 0 Å². The number of allylic oxidation sites excluding steroid dienone is 7. The summed E-state index contributed by atoms with van der Waals surface area (Å²) in [6.07, 6.45) is 10.7. The molecule has 1 fully saturated rings. The van der Waals surface area contributed by atoms with E-state index in [4.69, 9.17) is 4.84 Å². The van der Waals surface area contributed by atoms with Gasteiger partial charge in [-0.05, 0) is 131 Å². The molecule has 0 bridgehead atoms. The van der Waals surface area contributed by atoms with Gasteiger partial charge >= 0.3 is 35.5 Å². The van der Waals surface area contributed by atoms with Gasteiger partial charge < -0.3 is 24.2 Å². The minimum absolute atomic E-state index is 0. The number of thioether (sulfide) groups is 1. The van der Waals surface area contributed by atoms with Crippen molar-refractivity contribution in [3.05, 3.63) is 118 Å². The first kappa shape index (κ1) is 52.7. The second-order valence-electron chi connectivity index (χ2n) is 17.7. The van der Waals surface area contributed by atoms with Crippen molar-refractivity contribution in [1.29, 1.82) is 0 Å². The standard InChI is InChI=1S/C49H54N4O11S3.Na/c1-7-51-39-23-21-35(66(58,59)60)29-37(39)48(3,4)41(51)25-15-31-11-9-12-32(16-26-42-49(5,6)38-30-36(67(61,62)63)22-24-40(38)52(42)8-2)47(31)65-34-19-17-33(18-20-34)50-43(54)13-10-14-46(57)64-53-44(55)27-28-45(53)56;/h15-26,29-30H,7-14,27-28H2,1-6H3,(H2-,50,54,58,59,60,61,62,63);/q;+1/p-1. The van der Waals surface area contributed by atoms with Crippen molar-refractivity contribution >= 4 is 78.5 Å². The van der Waals surface area contributed by atoms with Crippen LogP contribution >= 0.6 is 11.8 Å². The average molecular weight is 993 g/mol. The summed E-state index contributed by atoms with van der Waals surface area (Å²) in [5.41, 5.74) is 6.46. The number of nitrogens with one attached hydrogen (secondary N) is 1. The molecular weight excluding hydrogens is 940 g/mol. The maximum absolute atomic E-state index is 12.8. The molecule has 3 heterocycles. The Morgan fingerprint density at radius 1 is 0.809 bits per heavy atom. The monoisotopic (exact) mass is 992 g/mol. The van der Waals surface area contributed by atoms with Crippen molar-refractivity contribution in [3.63, 3.8) is 0 Å². The van der Waals surface area contributed by atoms with Crippen LogP contribution in [-0.4, -0.2) is 78.1 Å². The second-order valence-corrected chi connectivity index (χ2v) is 21.6. The van der Waals surface area contributed by atoms with Gasteiger partial charge in [0.05, 0.1) is 15.2 Å². The summed E-state index contributed by atoms with van der Waals surface area (Å²) in [4.78, 5) is 56.9. The third-order valence-electron chi connectivity index (χ3n) is 12.6. The zero-order valence-electron chi connectivity index (χ0n) is 39.2. The third kappa shape index (κ3) is 11.0. The van der Waals surface area contributed by atoms with Crippen molar-refractivity contribution in [1.82, 2.24) is 5.06 Å². The molecule has 15 nitrogen and oxygen atoms in total. The van der Waals surface area contributed by atoms with E-state index in [0.29, 0.717) is 23.8 Å². The van der Waals surface area contributed by atoms with E-state index in [2.05, 4.69) is 39.1 Å². The van der Waals surface area contributed by atoms with E-state index in [1.807, 2.05) is 53.7 Å². The second kappa shape index (κ2) is 20.7. The molecule has 0 saturated carbocycles. The van der Waals surface area contributed by atoms with Crippen LogP contribution in [0.5, 0.6) is 0 Å². The van der Waals surface area contributed by atoms with Crippen LogP contribution in [0, 0.1) is 0 Å². The van der Waals surface area contributed by atoms with E-state index in [0.717, 1.165) is 74.1 Å². The molecule has 0 radical (unpaired) electrons. The fraction of sp³-hybridized carbons (Fsp3) is 0.367. The zero-order valence-corrected chi connectivity index (χ0v) is 43.7. The predicted octanol–water partition coefficient (Wildman–Crippen LogP) is 5.03. The number of hydrogen-bond acceptors (Lipinski definition) is 13. The van der Waals surface area contributed by atoms with E-state index in [1.165, 1.54) is 24.3 Å². The summed E-state index contributed by atoms with van der Waals surface area (Å²) < 4.78 is 74.3. The Balaban J connectivity index is 0.00000761. The van der Waals surface area contributed by atoms with Crippen molar-refractivity contribution in [2.24, 2.45) is 0 Å². The number of benzene rings is 3. The van der Waals surface area contributed by atoms with Crippen LogP contribution in [0.4, 0.5) is 17.1 Å². The molecule has 3 aliphatic heterocycles. The van der Waals surface area contributed by atoms with Gasteiger partial charge in [0.2, 0.25) is 11.6 Å². The normalized spacial score (nSPS) is 19.0. The first-order chi connectivity index (χ1) is 31.5. The van der Waals surface area contributed by atoms with Crippen LogP contribution in [0.25, 0.3) is 0 Å². The molecule has 1 aliphatic carbocycles. The van der Waals surface area contributed by atoms with Crippen molar-refractivity contribution < 1.29 is 84.1 Å². The Morgan fingerprint density at radius 2 is 1.44 bits per heavy atom. The van der Waals surface area contributed by atoms with Crippen LogP contribution in [0.2, 0.25) is 0 Å².